The van der Waals surface area contributed by atoms with Crippen LogP contribution in [0.1, 0.15) is 118 Å². The van der Waals surface area contributed by atoms with Crippen LogP contribution >= 0.6 is 0 Å². The third-order valence-electron chi connectivity index (χ3n) is 14.4. The van der Waals surface area contributed by atoms with Crippen molar-refractivity contribution in [3.8, 4) is 0 Å². The molecule has 13 nitrogen and oxygen atoms in total. The van der Waals surface area contributed by atoms with E-state index >= 15 is 14.4 Å². The molecule has 9 N–H and O–H groups in total. The second-order valence-corrected chi connectivity index (χ2v) is 19.6. The molecule has 7 rings (SSSR count). The molecule has 0 amide bonds. The minimum Gasteiger partial charge on any atom is -0.459 e. The quantitative estimate of drug-likeness (QED) is 0.0266. The van der Waals surface area contributed by atoms with Crippen LogP contribution in [0.3, 0.4) is 0 Å². The fraction of sp³-hybridized carbons (Fsp3) is 0.588. The summed E-state index contributed by atoms with van der Waals surface area (Å²) in [5.41, 5.74) is 6.20. The van der Waals surface area contributed by atoms with Crippen LogP contribution in [0.4, 0.5) is 0 Å². The normalized spacial score (nSPS) is 29.1. The molecule has 3 aliphatic carbocycles. The summed E-state index contributed by atoms with van der Waals surface area (Å²) in [6, 6.07) is 5.38. The maximum atomic E-state index is 15.5. The molecule has 1 aromatic rings. The van der Waals surface area contributed by atoms with Gasteiger partial charge in [-0.1, -0.05) is 68.8 Å². The molecule has 0 spiro atoms. The summed E-state index contributed by atoms with van der Waals surface area (Å²) in [4.78, 5) is 46.1. The van der Waals surface area contributed by atoms with Gasteiger partial charge in [-0.25, -0.2) is 4.79 Å². The number of nitrogens with two attached hydrogens (primary N) is 1. The van der Waals surface area contributed by atoms with Gasteiger partial charge < -0.3 is 52.0 Å². The number of carbonyl (C=O) groups excluding carboxylic acids is 3. The number of hydrogen-bond donors (Lipinski definition) is 8. The molecule has 0 radical (unpaired) electrons. The zero-order chi connectivity index (χ0) is 45.6. The van der Waals surface area contributed by atoms with Gasteiger partial charge in [0.1, 0.15) is 11.9 Å². The maximum absolute atomic E-state index is 15.5. The summed E-state index contributed by atoms with van der Waals surface area (Å²) >= 11 is 0. The molecule has 348 valence electrons. The first-order valence-electron chi connectivity index (χ1n) is 23.6. The van der Waals surface area contributed by atoms with Gasteiger partial charge in [0.2, 0.25) is 5.78 Å². The van der Waals surface area contributed by atoms with Crippen LogP contribution in [0.2, 0.25) is 0 Å². The maximum Gasteiger partial charge on any atom is 0.350 e. The molecule has 2 fully saturated rings. The highest BCUT2D eigenvalue weighted by molar-refractivity contribution is 6.33. The largest absolute Gasteiger partial charge is 0.459 e. The number of hydrogen-bond acceptors (Lipinski definition) is 13. The number of aliphatic hydroxyl groups excluding tert-OH is 2. The molecule has 3 aliphatic heterocycles. The minimum atomic E-state index is -2.24. The van der Waals surface area contributed by atoms with Crippen molar-refractivity contribution in [1.82, 2.24) is 26.6 Å². The van der Waals surface area contributed by atoms with E-state index in [4.69, 9.17) is 15.2 Å². The van der Waals surface area contributed by atoms with Crippen molar-refractivity contribution in [2.75, 3.05) is 40.0 Å². The Hall–Kier alpha value is -4.37. The molecule has 64 heavy (non-hydrogen) atoms. The molecular weight excluding hydrogens is 809 g/mol. The zero-order valence-electron chi connectivity index (χ0n) is 38.6. The van der Waals surface area contributed by atoms with Crippen LogP contribution in [0, 0.1) is 23.2 Å². The summed E-state index contributed by atoms with van der Waals surface area (Å²) in [5.74, 6) is -0.177. The number of epoxide rings is 1. The van der Waals surface area contributed by atoms with Gasteiger partial charge in [-0.2, -0.15) is 0 Å². The SMILES string of the molecule is CCNC1CC2C=CCCC2CC1C(CCCO)OC(=O)C12OC1(CC(CO)=C(C)CCC1=CCNC(NCNC)=C1)C(=O)c1cccc(CC(C)(C)CC3=CNC(N)C=C3)c1C2=O. The summed E-state index contributed by atoms with van der Waals surface area (Å²) < 4.78 is 13.2. The number of esters is 1. The number of ketones is 2. The lowest BCUT2D eigenvalue weighted by Crippen LogP contribution is -2.54. The summed E-state index contributed by atoms with van der Waals surface area (Å²) in [7, 11) is 1.87. The molecule has 8 unspecified atom stereocenters. The smallest absolute Gasteiger partial charge is 0.350 e. The highest BCUT2D eigenvalue weighted by Gasteiger charge is 2.86. The molecule has 0 aromatic heterocycles. The van der Waals surface area contributed by atoms with Crippen molar-refractivity contribution < 1.29 is 34.1 Å². The monoisotopic (exact) mass is 881 g/mol. The Morgan fingerprint density at radius 2 is 1.95 bits per heavy atom. The van der Waals surface area contributed by atoms with Crippen molar-refractivity contribution in [2.24, 2.45) is 28.9 Å². The first-order valence-corrected chi connectivity index (χ1v) is 23.6. The van der Waals surface area contributed by atoms with Crippen molar-refractivity contribution >= 4 is 17.5 Å². The molecule has 1 aromatic carbocycles. The second-order valence-electron chi connectivity index (χ2n) is 19.6. The highest BCUT2D eigenvalue weighted by Crippen LogP contribution is 2.60. The molecular formula is C51H72N6O7. The van der Waals surface area contributed by atoms with E-state index in [0.29, 0.717) is 74.7 Å². The van der Waals surface area contributed by atoms with Crippen molar-refractivity contribution in [2.45, 2.75) is 128 Å². The molecule has 3 heterocycles. The van der Waals surface area contributed by atoms with Crippen LogP contribution in [-0.2, 0) is 20.7 Å². The van der Waals surface area contributed by atoms with Crippen molar-refractivity contribution in [1.29, 1.82) is 0 Å². The Bertz CT molecular complexity index is 2100. The topological polar surface area (TPSA) is 200 Å². The highest BCUT2D eigenvalue weighted by atomic mass is 16.7. The van der Waals surface area contributed by atoms with Gasteiger partial charge in [0, 0.05) is 48.9 Å². The van der Waals surface area contributed by atoms with Gasteiger partial charge in [0.05, 0.1) is 19.4 Å². The average molecular weight is 881 g/mol. The number of ether oxygens (including phenoxy) is 2. The first kappa shape index (κ1) is 47.6. The van der Waals surface area contributed by atoms with Crippen LogP contribution < -0.4 is 32.3 Å². The summed E-state index contributed by atoms with van der Waals surface area (Å²) in [6.45, 7) is 9.83. The number of Topliss-reactive ketones (excluding diaryl/α,β-unsaturated/α-hetero) is 2. The number of dihydropyridines is 2. The second kappa shape index (κ2) is 20.4. The third-order valence-corrected chi connectivity index (χ3v) is 14.4. The predicted octanol–water partition coefficient (Wildman–Crippen LogP) is 5.13. The summed E-state index contributed by atoms with van der Waals surface area (Å²) in [5, 5.41) is 37.6. The van der Waals surface area contributed by atoms with Crippen LogP contribution in [0.25, 0.3) is 0 Å². The molecule has 8 atom stereocenters. The van der Waals surface area contributed by atoms with Crippen LogP contribution in [0.15, 0.2) is 89.0 Å². The van der Waals surface area contributed by atoms with Gasteiger partial charge in [-0.3, -0.25) is 9.59 Å². The fourth-order valence-corrected chi connectivity index (χ4v) is 11.1. The van der Waals surface area contributed by atoms with E-state index in [1.807, 2.05) is 38.4 Å². The van der Waals surface area contributed by atoms with Gasteiger partial charge in [0.15, 0.2) is 11.4 Å². The van der Waals surface area contributed by atoms with Crippen LogP contribution in [-0.4, -0.2) is 97.3 Å². The number of benzene rings is 1. The Morgan fingerprint density at radius 3 is 2.69 bits per heavy atom. The minimum absolute atomic E-state index is 0.0536. The van der Waals surface area contributed by atoms with E-state index in [-0.39, 0.29) is 54.3 Å². The van der Waals surface area contributed by atoms with E-state index in [1.54, 1.807) is 12.1 Å². The third kappa shape index (κ3) is 9.90. The van der Waals surface area contributed by atoms with Crippen LogP contribution in [0.5, 0.6) is 0 Å². The standard InChI is InChI=1S/C51H72N6O7/c1-6-54-41-25-36-12-8-7-11-35(36)24-40(41)42(15-10-22-58)63-48(62)51-47(61)45-37(27-49(3,4)26-34-18-19-43(52)56-29-34)13-9-14-39(45)46(60)50(51,64-51)28-38(30-59)32(2)16-17-33-20-21-55-44(23-33)57-31-53-5/h8-9,12-14,18-20,23,29,35-36,40-43,53-59H,6-7,10-11,15-17,21-22,24-28,30-31,52H2,1-5H3. The van der Waals surface area contributed by atoms with E-state index in [9.17, 15) is 10.2 Å². The van der Waals surface area contributed by atoms with Crippen molar-refractivity contribution in [3.63, 3.8) is 0 Å². The van der Waals surface area contributed by atoms with E-state index in [1.165, 1.54) is 0 Å². The molecule has 0 bridgehead atoms. The lowest BCUT2D eigenvalue weighted by Gasteiger charge is -2.45. The Morgan fingerprint density at radius 1 is 1.12 bits per heavy atom. The van der Waals surface area contributed by atoms with Gasteiger partial charge in [0.25, 0.3) is 5.60 Å². The molecule has 1 saturated heterocycles. The Kier molecular flexibility index (Phi) is 15.2. The zero-order valence-corrected chi connectivity index (χ0v) is 38.6. The number of rotatable bonds is 21. The van der Waals surface area contributed by atoms with Gasteiger partial charge >= 0.3 is 5.97 Å². The Labute approximate surface area is 379 Å². The predicted molar refractivity (Wildman–Crippen MR) is 249 cm³/mol. The van der Waals surface area contributed by atoms with Crippen molar-refractivity contribution in [3.05, 3.63) is 106 Å². The van der Waals surface area contributed by atoms with Gasteiger partial charge in [-0.05, 0) is 136 Å². The number of aliphatic hydroxyl groups is 2. The number of nitrogens with one attached hydrogen (secondary N) is 5. The molecule has 6 aliphatic rings. The summed E-state index contributed by atoms with van der Waals surface area (Å²) in [6.07, 6.45) is 20.6. The molecule has 13 heteroatoms. The Balaban J connectivity index is 1.23. The lowest BCUT2D eigenvalue weighted by atomic mass is 9.66. The molecule has 1 saturated carbocycles. The average Bonchev–Trinajstić information content (AvgIpc) is 3.99. The van der Waals surface area contributed by atoms with E-state index in [2.05, 4.69) is 71.7 Å². The fourth-order valence-electron chi connectivity index (χ4n) is 11.1. The van der Waals surface area contributed by atoms with Gasteiger partial charge in [-0.15, -0.1) is 0 Å². The van der Waals surface area contributed by atoms with E-state index < -0.39 is 34.8 Å². The number of carbonyl (C=O) groups is 3. The number of fused-ring (bicyclic) bond motifs is 3. The first-order chi connectivity index (χ1) is 30.8. The lowest BCUT2D eigenvalue weighted by molar-refractivity contribution is -0.159. The number of allylic oxidation sites excluding steroid dienone is 7. The van der Waals surface area contributed by atoms with E-state index in [0.717, 1.165) is 54.8 Å².